The zero-order valence-corrected chi connectivity index (χ0v) is 14.3. The first-order chi connectivity index (χ1) is 11.6. The number of carbonyl (C=O) groups is 2. The zero-order chi connectivity index (χ0) is 17.1. The number of aromatic nitrogens is 2. The number of fused-ring (bicyclic) bond motifs is 1. The molecule has 0 unspecified atom stereocenters. The van der Waals surface area contributed by atoms with Crippen molar-refractivity contribution in [3.05, 3.63) is 24.3 Å². The largest absolute Gasteiger partial charge is 0.367 e. The number of carbonyl (C=O) groups excluding carboxylic acids is 2. The van der Waals surface area contributed by atoms with Gasteiger partial charge in [0.05, 0.1) is 10.8 Å². The number of imide groups is 1. The normalized spacial score (nSPS) is 14.9. The second kappa shape index (κ2) is 7.04. The summed E-state index contributed by atoms with van der Waals surface area (Å²) in [6, 6.07) is 7.73. The first-order valence-electron chi connectivity index (χ1n) is 7.79. The van der Waals surface area contributed by atoms with Crippen molar-refractivity contribution in [2.24, 2.45) is 0 Å². The highest BCUT2D eigenvalue weighted by Gasteiger charge is 2.24. The van der Waals surface area contributed by atoms with Crippen LogP contribution in [0.25, 0.3) is 10.9 Å². The zero-order valence-electron chi connectivity index (χ0n) is 13.5. The molecule has 3 N–H and O–H groups in total. The van der Waals surface area contributed by atoms with Crippen LogP contribution in [0.2, 0.25) is 0 Å². The van der Waals surface area contributed by atoms with Crippen LogP contribution in [-0.4, -0.2) is 40.2 Å². The van der Waals surface area contributed by atoms with E-state index < -0.39 is 11.3 Å². The number of nitrogens with zero attached hydrogens (tertiary/aromatic N) is 2. The molecule has 3 amide bonds. The van der Waals surface area contributed by atoms with Crippen LogP contribution in [-0.2, 0) is 4.79 Å². The van der Waals surface area contributed by atoms with E-state index in [0.717, 1.165) is 29.6 Å². The molecule has 1 aromatic carbocycles. The van der Waals surface area contributed by atoms with Gasteiger partial charge in [-0.1, -0.05) is 23.9 Å². The fourth-order valence-electron chi connectivity index (χ4n) is 2.13. The topological polar surface area (TPSA) is 96.0 Å². The van der Waals surface area contributed by atoms with Gasteiger partial charge in [0, 0.05) is 18.5 Å². The van der Waals surface area contributed by atoms with E-state index >= 15 is 0 Å². The molecule has 24 heavy (non-hydrogen) atoms. The van der Waals surface area contributed by atoms with Crippen LogP contribution < -0.4 is 16.0 Å². The Hall–Kier alpha value is -2.35. The van der Waals surface area contributed by atoms with Crippen LogP contribution in [0, 0.1) is 0 Å². The maximum atomic E-state index is 12.0. The second-order valence-corrected chi connectivity index (χ2v) is 6.93. The van der Waals surface area contributed by atoms with E-state index in [1.165, 1.54) is 18.8 Å². The summed E-state index contributed by atoms with van der Waals surface area (Å²) < 4.78 is 0. The third kappa shape index (κ3) is 3.94. The van der Waals surface area contributed by atoms with Crippen LogP contribution in [0.1, 0.15) is 19.8 Å². The Balaban J connectivity index is 1.81. The number of thioether (sulfide) groups is 1. The molecule has 0 aliphatic heterocycles. The fraction of sp³-hybridized carbons (Fsp3) is 0.375. The van der Waals surface area contributed by atoms with Gasteiger partial charge in [-0.3, -0.25) is 10.1 Å². The Morgan fingerprint density at radius 3 is 2.71 bits per heavy atom. The predicted molar refractivity (Wildman–Crippen MR) is 94.1 cm³/mol. The lowest BCUT2D eigenvalue weighted by Gasteiger charge is -2.13. The van der Waals surface area contributed by atoms with Gasteiger partial charge in [0.1, 0.15) is 5.82 Å². The summed E-state index contributed by atoms with van der Waals surface area (Å²) in [7, 11) is 1.46. The SMILES string of the molecule is CNC(=O)NC(=O)[C@@H](C)Sc1nc(NC2CC2)c2ccccc2n1. The summed E-state index contributed by atoms with van der Waals surface area (Å²) in [5.74, 6) is 0.414. The Kier molecular flexibility index (Phi) is 4.84. The van der Waals surface area contributed by atoms with Gasteiger partial charge >= 0.3 is 6.03 Å². The lowest BCUT2D eigenvalue weighted by atomic mass is 10.2. The van der Waals surface area contributed by atoms with Gasteiger partial charge in [0.25, 0.3) is 0 Å². The summed E-state index contributed by atoms with van der Waals surface area (Å²) in [4.78, 5) is 32.3. The summed E-state index contributed by atoms with van der Waals surface area (Å²) in [5.41, 5.74) is 0.831. The summed E-state index contributed by atoms with van der Waals surface area (Å²) in [5, 5.41) is 9.02. The minimum absolute atomic E-state index is 0.382. The third-order valence-electron chi connectivity index (χ3n) is 3.62. The van der Waals surface area contributed by atoms with Crippen molar-refractivity contribution in [3.63, 3.8) is 0 Å². The molecule has 0 saturated heterocycles. The minimum Gasteiger partial charge on any atom is -0.367 e. The number of para-hydroxylation sites is 1. The maximum Gasteiger partial charge on any atom is 0.321 e. The average molecular weight is 345 g/mol. The smallest absolute Gasteiger partial charge is 0.321 e. The molecule has 1 heterocycles. The van der Waals surface area contributed by atoms with Crippen molar-refractivity contribution < 1.29 is 9.59 Å². The standard InChI is InChI=1S/C16H19N5O2S/c1-9(14(22)21-15(23)17-2)24-16-19-12-6-4-3-5-11(12)13(20-16)18-10-7-8-10/h3-6,9-10H,7-8H2,1-2H3,(H,18,19,20)(H2,17,21,22,23)/t9-/m1/s1. The molecule has 8 heteroatoms. The molecule has 1 aromatic heterocycles. The quantitative estimate of drug-likeness (QED) is 0.567. The summed E-state index contributed by atoms with van der Waals surface area (Å²) >= 11 is 1.23. The highest BCUT2D eigenvalue weighted by Crippen LogP contribution is 2.30. The maximum absolute atomic E-state index is 12.0. The predicted octanol–water partition coefficient (Wildman–Crippen LogP) is 2.14. The number of nitrogens with one attached hydrogen (secondary N) is 3. The van der Waals surface area contributed by atoms with Crippen LogP contribution in [0.15, 0.2) is 29.4 Å². The van der Waals surface area contributed by atoms with E-state index in [9.17, 15) is 9.59 Å². The summed E-state index contributed by atoms with van der Waals surface area (Å²) in [6.07, 6.45) is 2.29. The van der Waals surface area contributed by atoms with Crippen molar-refractivity contribution in [2.75, 3.05) is 12.4 Å². The highest BCUT2D eigenvalue weighted by atomic mass is 32.2. The molecule has 1 atom stereocenters. The monoisotopic (exact) mass is 345 g/mol. The molecule has 0 radical (unpaired) electrons. The molecule has 7 nitrogen and oxygen atoms in total. The molecular weight excluding hydrogens is 326 g/mol. The molecule has 0 bridgehead atoms. The van der Waals surface area contributed by atoms with E-state index in [1.54, 1.807) is 6.92 Å². The number of urea groups is 1. The van der Waals surface area contributed by atoms with Crippen molar-refractivity contribution in [2.45, 2.75) is 36.2 Å². The van der Waals surface area contributed by atoms with Gasteiger partial charge in [0.15, 0.2) is 5.16 Å². The number of hydrogen-bond donors (Lipinski definition) is 3. The van der Waals surface area contributed by atoms with E-state index in [4.69, 9.17) is 0 Å². The van der Waals surface area contributed by atoms with E-state index in [-0.39, 0.29) is 5.91 Å². The van der Waals surface area contributed by atoms with E-state index in [1.807, 2.05) is 24.3 Å². The lowest BCUT2D eigenvalue weighted by molar-refractivity contribution is -0.119. The molecule has 1 saturated carbocycles. The minimum atomic E-state index is -0.525. The number of anilines is 1. The summed E-state index contributed by atoms with van der Waals surface area (Å²) in [6.45, 7) is 1.72. The van der Waals surface area contributed by atoms with Crippen LogP contribution in [0.5, 0.6) is 0 Å². The Labute approximate surface area is 144 Å². The van der Waals surface area contributed by atoms with Gasteiger partial charge in [-0.05, 0) is 31.9 Å². The molecule has 1 aliphatic carbocycles. The number of amides is 3. The van der Waals surface area contributed by atoms with Gasteiger partial charge in [0.2, 0.25) is 5.91 Å². The molecule has 3 rings (SSSR count). The lowest BCUT2D eigenvalue weighted by Crippen LogP contribution is -2.41. The first kappa shape index (κ1) is 16.5. The molecule has 1 aliphatic rings. The Morgan fingerprint density at radius 1 is 1.25 bits per heavy atom. The molecule has 126 valence electrons. The van der Waals surface area contributed by atoms with Crippen LogP contribution in [0.3, 0.4) is 0 Å². The molecule has 0 spiro atoms. The number of rotatable bonds is 5. The number of benzene rings is 1. The molecule has 2 aromatic rings. The van der Waals surface area contributed by atoms with Gasteiger partial charge < -0.3 is 10.6 Å². The van der Waals surface area contributed by atoms with Crippen molar-refractivity contribution in [1.82, 2.24) is 20.6 Å². The van der Waals surface area contributed by atoms with E-state index in [0.29, 0.717) is 11.2 Å². The van der Waals surface area contributed by atoms with Crippen LogP contribution in [0.4, 0.5) is 10.6 Å². The van der Waals surface area contributed by atoms with Gasteiger partial charge in [-0.15, -0.1) is 0 Å². The highest BCUT2D eigenvalue weighted by molar-refractivity contribution is 8.00. The van der Waals surface area contributed by atoms with Gasteiger partial charge in [-0.25, -0.2) is 14.8 Å². The van der Waals surface area contributed by atoms with E-state index in [2.05, 4.69) is 25.9 Å². The molecule has 1 fully saturated rings. The second-order valence-electron chi connectivity index (χ2n) is 5.62. The fourth-order valence-corrected chi connectivity index (χ4v) is 2.90. The first-order valence-corrected chi connectivity index (χ1v) is 8.67. The molecular formula is C16H19N5O2S. The van der Waals surface area contributed by atoms with Crippen molar-refractivity contribution in [3.8, 4) is 0 Å². The number of hydrogen-bond acceptors (Lipinski definition) is 6. The van der Waals surface area contributed by atoms with Gasteiger partial charge in [-0.2, -0.15) is 0 Å². The van der Waals surface area contributed by atoms with Crippen molar-refractivity contribution >= 4 is 40.4 Å². The van der Waals surface area contributed by atoms with Crippen molar-refractivity contribution in [1.29, 1.82) is 0 Å². The van der Waals surface area contributed by atoms with Crippen LogP contribution >= 0.6 is 11.8 Å². The Morgan fingerprint density at radius 2 is 2.00 bits per heavy atom. The Bertz CT molecular complexity index is 778. The third-order valence-corrected chi connectivity index (χ3v) is 4.58. The average Bonchev–Trinajstić information content (AvgIpc) is 3.38.